The molecule has 0 N–H and O–H groups in total. The summed E-state index contributed by atoms with van der Waals surface area (Å²) in [7, 11) is 0. The number of nitro benzene ring substituents is 1. The van der Waals surface area contributed by atoms with Crippen LogP contribution in [0.1, 0.15) is 23.6 Å². The summed E-state index contributed by atoms with van der Waals surface area (Å²) in [5.41, 5.74) is 3.41. The minimum atomic E-state index is -0.538. The van der Waals surface area contributed by atoms with E-state index in [1.54, 1.807) is 23.6 Å². The highest BCUT2D eigenvalue weighted by atomic mass is 32.1. The number of esters is 1. The number of fused-ring (bicyclic) bond motifs is 1. The van der Waals surface area contributed by atoms with Crippen molar-refractivity contribution in [2.24, 2.45) is 4.99 Å². The molecule has 3 aromatic rings. The van der Waals surface area contributed by atoms with E-state index in [9.17, 15) is 19.7 Å². The van der Waals surface area contributed by atoms with E-state index in [0.717, 1.165) is 21.3 Å². The average molecular weight is 439 g/mol. The van der Waals surface area contributed by atoms with Crippen LogP contribution in [0.5, 0.6) is 0 Å². The van der Waals surface area contributed by atoms with Crippen LogP contribution in [0.15, 0.2) is 47.5 Å². The van der Waals surface area contributed by atoms with Crippen LogP contribution in [0.4, 0.5) is 5.69 Å². The molecule has 1 amide bonds. The van der Waals surface area contributed by atoms with Gasteiger partial charge >= 0.3 is 5.97 Å². The van der Waals surface area contributed by atoms with Crippen molar-refractivity contribution in [1.82, 2.24) is 4.57 Å². The van der Waals surface area contributed by atoms with Gasteiger partial charge in [0, 0.05) is 18.2 Å². The summed E-state index contributed by atoms with van der Waals surface area (Å²) in [4.78, 5) is 39.5. The summed E-state index contributed by atoms with van der Waals surface area (Å²) in [6.45, 7) is 5.90. The molecule has 9 heteroatoms. The molecule has 1 heterocycles. The molecule has 160 valence electrons. The summed E-state index contributed by atoms with van der Waals surface area (Å²) in [6, 6.07) is 9.91. The number of hydrogen-bond donors (Lipinski definition) is 0. The summed E-state index contributed by atoms with van der Waals surface area (Å²) in [6.07, 6.45) is 2.71. The maximum absolute atomic E-state index is 12.5. The van der Waals surface area contributed by atoms with Gasteiger partial charge in [-0.1, -0.05) is 23.5 Å². The van der Waals surface area contributed by atoms with E-state index in [1.165, 1.54) is 35.6 Å². The van der Waals surface area contributed by atoms with Gasteiger partial charge in [0.25, 0.3) is 11.6 Å². The van der Waals surface area contributed by atoms with E-state index < -0.39 is 16.8 Å². The van der Waals surface area contributed by atoms with Crippen LogP contribution in [-0.4, -0.2) is 28.0 Å². The first kappa shape index (κ1) is 22.1. The molecule has 1 aromatic heterocycles. The first-order chi connectivity index (χ1) is 14.8. The number of non-ortho nitro benzene ring substituents is 1. The third-order valence-electron chi connectivity index (χ3n) is 4.60. The Morgan fingerprint density at radius 2 is 1.97 bits per heavy atom. The van der Waals surface area contributed by atoms with Crippen molar-refractivity contribution in [3.63, 3.8) is 0 Å². The zero-order chi connectivity index (χ0) is 22.5. The molecule has 0 radical (unpaired) electrons. The number of carbonyl (C=O) groups is 2. The van der Waals surface area contributed by atoms with Crippen molar-refractivity contribution in [3.8, 4) is 0 Å². The van der Waals surface area contributed by atoms with Gasteiger partial charge in [0.05, 0.1) is 21.7 Å². The number of rotatable bonds is 6. The monoisotopic (exact) mass is 439 g/mol. The molecule has 8 nitrogen and oxygen atoms in total. The zero-order valence-electron chi connectivity index (χ0n) is 17.3. The molecule has 0 saturated heterocycles. The fraction of sp³-hybridized carbons (Fsp3) is 0.227. The number of hydrogen-bond acceptors (Lipinski definition) is 6. The normalized spacial score (nSPS) is 11.9. The van der Waals surface area contributed by atoms with Gasteiger partial charge in [0.2, 0.25) is 0 Å². The third kappa shape index (κ3) is 5.32. The zero-order valence-corrected chi connectivity index (χ0v) is 18.1. The van der Waals surface area contributed by atoms with Crippen molar-refractivity contribution < 1.29 is 19.2 Å². The summed E-state index contributed by atoms with van der Waals surface area (Å²) >= 11 is 1.31. The Morgan fingerprint density at radius 1 is 1.23 bits per heavy atom. The molecule has 0 atom stereocenters. The van der Waals surface area contributed by atoms with E-state index in [0.29, 0.717) is 10.4 Å². The summed E-state index contributed by atoms with van der Waals surface area (Å²) < 4.78 is 7.64. The molecule has 0 fully saturated rings. The van der Waals surface area contributed by atoms with Crippen molar-refractivity contribution >= 4 is 45.2 Å². The van der Waals surface area contributed by atoms with Gasteiger partial charge in [0.15, 0.2) is 4.80 Å². The SMILES string of the molecule is CCOC(=O)Cn1c(=NC(=O)C=Cc2cccc([N+](=O)[O-])c2)sc2cc(C)c(C)cc21. The van der Waals surface area contributed by atoms with Crippen LogP contribution >= 0.6 is 11.3 Å². The topological polar surface area (TPSA) is 104 Å². The Bertz CT molecular complexity index is 1270. The van der Waals surface area contributed by atoms with Crippen LogP contribution in [0.3, 0.4) is 0 Å². The highest BCUT2D eigenvalue weighted by Crippen LogP contribution is 2.22. The fourth-order valence-electron chi connectivity index (χ4n) is 2.94. The van der Waals surface area contributed by atoms with Gasteiger partial charge in [-0.2, -0.15) is 4.99 Å². The van der Waals surface area contributed by atoms with Crippen LogP contribution in [-0.2, 0) is 20.9 Å². The van der Waals surface area contributed by atoms with E-state index in [-0.39, 0.29) is 18.8 Å². The lowest BCUT2D eigenvalue weighted by atomic mass is 10.1. The molecule has 0 bridgehead atoms. The minimum Gasteiger partial charge on any atom is -0.465 e. The van der Waals surface area contributed by atoms with E-state index in [2.05, 4.69) is 4.99 Å². The largest absolute Gasteiger partial charge is 0.465 e. The van der Waals surface area contributed by atoms with Crippen molar-refractivity contribution in [2.45, 2.75) is 27.3 Å². The van der Waals surface area contributed by atoms with Gasteiger partial charge < -0.3 is 9.30 Å². The predicted molar refractivity (Wildman–Crippen MR) is 119 cm³/mol. The Morgan fingerprint density at radius 3 is 2.68 bits per heavy atom. The molecule has 0 saturated carbocycles. The van der Waals surface area contributed by atoms with Gasteiger partial charge in [-0.25, -0.2) is 0 Å². The second kappa shape index (κ2) is 9.48. The number of aromatic nitrogens is 1. The maximum atomic E-state index is 12.5. The standard InChI is InChI=1S/C22H21N3O5S/c1-4-30-21(27)13-24-18-10-14(2)15(3)11-19(18)31-22(24)23-20(26)9-8-16-6-5-7-17(12-16)25(28)29/h5-12H,4,13H2,1-3H3. The number of carbonyl (C=O) groups excluding carboxylic acids is 2. The van der Waals surface area contributed by atoms with Crippen LogP contribution < -0.4 is 4.80 Å². The van der Waals surface area contributed by atoms with Crippen LogP contribution in [0.25, 0.3) is 16.3 Å². The molecular formula is C22H21N3O5S. The van der Waals surface area contributed by atoms with E-state index in [4.69, 9.17) is 4.74 Å². The molecule has 0 unspecified atom stereocenters. The van der Waals surface area contributed by atoms with Gasteiger partial charge in [0.1, 0.15) is 6.54 Å². The number of aryl methyl sites for hydroxylation is 2. The first-order valence-electron chi connectivity index (χ1n) is 9.56. The highest BCUT2D eigenvalue weighted by molar-refractivity contribution is 7.16. The number of nitrogens with zero attached hydrogens (tertiary/aromatic N) is 3. The molecule has 0 aliphatic rings. The predicted octanol–water partition coefficient (Wildman–Crippen LogP) is 3.93. The molecule has 0 aliphatic carbocycles. The van der Waals surface area contributed by atoms with Crippen molar-refractivity contribution in [2.75, 3.05) is 6.61 Å². The number of nitro groups is 1. The molecule has 31 heavy (non-hydrogen) atoms. The number of ether oxygens (including phenoxy) is 1. The quantitative estimate of drug-likeness (QED) is 0.250. The van der Waals surface area contributed by atoms with E-state index >= 15 is 0 Å². The Balaban J connectivity index is 1.99. The Kier molecular flexibility index (Phi) is 6.76. The Hall–Kier alpha value is -3.59. The van der Waals surface area contributed by atoms with Crippen molar-refractivity contribution in [3.05, 3.63) is 74.1 Å². The van der Waals surface area contributed by atoms with Crippen LogP contribution in [0.2, 0.25) is 0 Å². The second-order valence-corrected chi connectivity index (χ2v) is 7.82. The molecule has 0 spiro atoms. The highest BCUT2D eigenvalue weighted by Gasteiger charge is 2.13. The first-order valence-corrected chi connectivity index (χ1v) is 10.4. The average Bonchev–Trinajstić information content (AvgIpc) is 3.03. The van der Waals surface area contributed by atoms with Gasteiger partial charge in [-0.15, -0.1) is 0 Å². The fourth-order valence-corrected chi connectivity index (χ4v) is 4.05. The van der Waals surface area contributed by atoms with Crippen LogP contribution in [0, 0.1) is 24.0 Å². The summed E-state index contributed by atoms with van der Waals surface area (Å²) in [5.74, 6) is -0.953. The van der Waals surface area contributed by atoms with Crippen molar-refractivity contribution in [1.29, 1.82) is 0 Å². The lowest BCUT2D eigenvalue weighted by Gasteiger charge is -2.06. The number of thiazole rings is 1. The lowest BCUT2D eigenvalue weighted by molar-refractivity contribution is -0.384. The second-order valence-electron chi connectivity index (χ2n) is 6.82. The Labute approximate surface area is 182 Å². The third-order valence-corrected chi connectivity index (χ3v) is 5.64. The minimum absolute atomic E-state index is 0.0585. The number of benzene rings is 2. The maximum Gasteiger partial charge on any atom is 0.326 e. The number of amides is 1. The molecule has 2 aromatic carbocycles. The summed E-state index contributed by atoms with van der Waals surface area (Å²) in [5, 5.41) is 10.9. The molecule has 0 aliphatic heterocycles. The lowest BCUT2D eigenvalue weighted by Crippen LogP contribution is -2.22. The molecule has 3 rings (SSSR count). The van der Waals surface area contributed by atoms with Gasteiger partial charge in [-0.05, 0) is 55.7 Å². The van der Waals surface area contributed by atoms with Gasteiger partial charge in [-0.3, -0.25) is 19.7 Å². The molecular weight excluding hydrogens is 418 g/mol. The van der Waals surface area contributed by atoms with E-state index in [1.807, 2.05) is 26.0 Å². The smallest absolute Gasteiger partial charge is 0.326 e.